The van der Waals surface area contributed by atoms with Crippen LogP contribution in [-0.4, -0.2) is 95.7 Å². The first kappa shape index (κ1) is 19.1. The summed E-state index contributed by atoms with van der Waals surface area (Å²) in [7, 11) is 3.36. The van der Waals surface area contributed by atoms with Gasteiger partial charge in [0.05, 0.1) is 13.2 Å². The topological polar surface area (TPSA) is 62.3 Å². The molecule has 0 amide bonds. The van der Waals surface area contributed by atoms with Crippen LogP contribution in [0.25, 0.3) is 0 Å². The average Bonchev–Trinajstić information content (AvgIpc) is 2.83. The maximum atomic E-state index is 12.3. The molecule has 2 aliphatic rings. The van der Waals surface area contributed by atoms with E-state index in [1.54, 1.807) is 32.6 Å². The van der Waals surface area contributed by atoms with Gasteiger partial charge in [0.15, 0.2) is 0 Å². The van der Waals surface area contributed by atoms with Gasteiger partial charge in [0.1, 0.15) is 0 Å². The van der Waals surface area contributed by atoms with Gasteiger partial charge in [-0.05, 0) is 24.7 Å². The molecule has 0 unspecified atom stereocenters. The Labute approximate surface area is 140 Å². The van der Waals surface area contributed by atoms with Crippen LogP contribution in [0.1, 0.15) is 19.3 Å². The first-order valence-electron chi connectivity index (χ1n) is 8.24. The lowest BCUT2D eigenvalue weighted by molar-refractivity contribution is 0.0894. The third-order valence-electron chi connectivity index (χ3n) is 5.24. The van der Waals surface area contributed by atoms with Crippen molar-refractivity contribution in [2.75, 3.05) is 67.7 Å². The maximum Gasteiger partial charge on any atom is 0.281 e. The number of piperidine rings is 1. The molecular weight excluding hydrogens is 318 g/mol. The Bertz CT molecular complexity index is 475. The third-order valence-corrected chi connectivity index (χ3v) is 7.18. The van der Waals surface area contributed by atoms with E-state index in [1.807, 2.05) is 0 Å². The molecule has 1 spiro atoms. The number of nitrogens with zero attached hydrogens (tertiary/aromatic N) is 3. The van der Waals surface area contributed by atoms with Gasteiger partial charge in [-0.25, -0.2) is 0 Å². The van der Waals surface area contributed by atoms with Gasteiger partial charge in [-0.1, -0.05) is 0 Å². The van der Waals surface area contributed by atoms with Crippen LogP contribution in [0.4, 0.5) is 0 Å². The highest BCUT2D eigenvalue weighted by Crippen LogP contribution is 2.43. The lowest BCUT2D eigenvalue weighted by Crippen LogP contribution is -2.48. The van der Waals surface area contributed by atoms with E-state index >= 15 is 0 Å². The van der Waals surface area contributed by atoms with Gasteiger partial charge in [-0.3, -0.25) is 4.90 Å². The predicted octanol–water partition coefficient (Wildman–Crippen LogP) is 0.242. The summed E-state index contributed by atoms with van der Waals surface area (Å²) in [5.41, 5.74) is 0.218. The van der Waals surface area contributed by atoms with E-state index in [1.165, 1.54) is 4.31 Å². The molecule has 0 N–H and O–H groups in total. The van der Waals surface area contributed by atoms with E-state index in [-0.39, 0.29) is 5.41 Å². The molecule has 0 radical (unpaired) electrons. The van der Waals surface area contributed by atoms with E-state index in [0.29, 0.717) is 19.1 Å². The fourth-order valence-corrected chi connectivity index (χ4v) is 4.97. The quantitative estimate of drug-likeness (QED) is 0.659. The van der Waals surface area contributed by atoms with Crippen LogP contribution in [0, 0.1) is 5.41 Å². The summed E-state index contributed by atoms with van der Waals surface area (Å²) in [6.07, 6.45) is 2.92. The minimum Gasteiger partial charge on any atom is -0.383 e. The van der Waals surface area contributed by atoms with Gasteiger partial charge in [-0.2, -0.15) is 17.0 Å². The van der Waals surface area contributed by atoms with Crippen LogP contribution >= 0.6 is 0 Å². The van der Waals surface area contributed by atoms with Gasteiger partial charge >= 0.3 is 0 Å². The van der Waals surface area contributed by atoms with Gasteiger partial charge in [-0.15, -0.1) is 0 Å². The zero-order valence-corrected chi connectivity index (χ0v) is 15.6. The molecule has 2 fully saturated rings. The van der Waals surface area contributed by atoms with E-state index in [2.05, 4.69) is 4.90 Å². The first-order valence-corrected chi connectivity index (χ1v) is 9.64. The number of hydrogen-bond acceptors (Lipinski definition) is 5. The number of ether oxygens (including phenoxy) is 2. The summed E-state index contributed by atoms with van der Waals surface area (Å²) in [4.78, 5) is 2.45. The molecule has 0 aromatic heterocycles. The molecule has 2 rings (SSSR count). The monoisotopic (exact) mass is 349 g/mol. The summed E-state index contributed by atoms with van der Waals surface area (Å²) >= 11 is 0. The van der Waals surface area contributed by atoms with Gasteiger partial charge in [0, 0.05) is 60.5 Å². The van der Waals surface area contributed by atoms with Crippen LogP contribution in [0.15, 0.2) is 0 Å². The number of methoxy groups -OCH3 is 2. The molecule has 2 saturated heterocycles. The summed E-state index contributed by atoms with van der Waals surface area (Å²) in [5.74, 6) is 0. The molecule has 0 saturated carbocycles. The minimum absolute atomic E-state index is 0.218. The van der Waals surface area contributed by atoms with E-state index in [9.17, 15) is 8.42 Å². The van der Waals surface area contributed by atoms with Crippen LogP contribution in [-0.2, 0) is 19.7 Å². The Balaban J connectivity index is 1.99. The smallest absolute Gasteiger partial charge is 0.281 e. The Hall–Kier alpha value is -0.250. The molecular formula is C15H31N3O4S. The summed E-state index contributed by atoms with van der Waals surface area (Å²) < 4.78 is 38.0. The second-order valence-electron chi connectivity index (χ2n) is 6.97. The van der Waals surface area contributed by atoms with Crippen molar-refractivity contribution in [2.24, 2.45) is 5.41 Å². The van der Waals surface area contributed by atoms with Crippen LogP contribution in [0.3, 0.4) is 0 Å². The molecule has 1 atom stereocenters. The second kappa shape index (κ2) is 7.76. The van der Waals surface area contributed by atoms with Crippen LogP contribution in [0.5, 0.6) is 0 Å². The first-order chi connectivity index (χ1) is 10.8. The van der Waals surface area contributed by atoms with Crippen molar-refractivity contribution in [1.29, 1.82) is 0 Å². The highest BCUT2D eigenvalue weighted by atomic mass is 32.2. The van der Waals surface area contributed by atoms with Crippen molar-refractivity contribution < 1.29 is 17.9 Å². The zero-order valence-electron chi connectivity index (χ0n) is 14.8. The largest absolute Gasteiger partial charge is 0.383 e. The van der Waals surface area contributed by atoms with Crippen molar-refractivity contribution >= 4 is 10.2 Å². The molecule has 23 heavy (non-hydrogen) atoms. The highest BCUT2D eigenvalue weighted by molar-refractivity contribution is 7.86. The number of rotatable bonds is 7. The van der Waals surface area contributed by atoms with Crippen molar-refractivity contribution in [2.45, 2.75) is 25.3 Å². The second-order valence-corrected chi connectivity index (χ2v) is 9.11. The molecule has 7 nitrogen and oxygen atoms in total. The molecule has 2 heterocycles. The average molecular weight is 349 g/mol. The van der Waals surface area contributed by atoms with E-state index < -0.39 is 10.2 Å². The van der Waals surface area contributed by atoms with Gasteiger partial charge < -0.3 is 9.47 Å². The Morgan fingerprint density at radius 1 is 1.17 bits per heavy atom. The van der Waals surface area contributed by atoms with Gasteiger partial charge in [0.2, 0.25) is 0 Å². The Morgan fingerprint density at radius 3 is 2.35 bits per heavy atom. The van der Waals surface area contributed by atoms with Gasteiger partial charge in [0.25, 0.3) is 10.2 Å². The van der Waals surface area contributed by atoms with Crippen molar-refractivity contribution in [3.8, 4) is 0 Å². The molecule has 2 aliphatic heterocycles. The number of likely N-dealkylation sites (tertiary alicyclic amines) is 1. The Morgan fingerprint density at radius 2 is 1.83 bits per heavy atom. The molecule has 0 aromatic carbocycles. The molecule has 8 heteroatoms. The summed E-state index contributed by atoms with van der Waals surface area (Å²) in [5, 5.41) is 0. The SMILES string of the molecule is COCCN1CC2(CCN(S(=O)(=O)N(C)C)CC2)C[C@@H]1COC. The van der Waals surface area contributed by atoms with E-state index in [4.69, 9.17) is 9.47 Å². The van der Waals surface area contributed by atoms with Crippen molar-refractivity contribution in [3.05, 3.63) is 0 Å². The normalized spacial score (nSPS) is 26.4. The zero-order chi connectivity index (χ0) is 17.1. The highest BCUT2D eigenvalue weighted by Gasteiger charge is 2.46. The van der Waals surface area contributed by atoms with Crippen LogP contribution < -0.4 is 0 Å². The molecule has 136 valence electrons. The predicted molar refractivity (Wildman–Crippen MR) is 89.6 cm³/mol. The van der Waals surface area contributed by atoms with Crippen molar-refractivity contribution in [3.63, 3.8) is 0 Å². The summed E-state index contributed by atoms with van der Waals surface area (Å²) in [6.45, 7) is 4.59. The standard InChI is InChI=1S/C15H31N3O4S/c1-16(2)23(19,20)18-7-5-15(6-8-18)11-14(12-22-4)17(13-15)9-10-21-3/h14H,5-13H2,1-4H3/t14-/m1/s1. The lowest BCUT2D eigenvalue weighted by Gasteiger charge is -2.39. The fourth-order valence-electron chi connectivity index (χ4n) is 3.86. The minimum atomic E-state index is -3.29. The Kier molecular flexibility index (Phi) is 6.43. The third kappa shape index (κ3) is 4.24. The lowest BCUT2D eigenvalue weighted by atomic mass is 9.77. The fraction of sp³-hybridized carbons (Fsp3) is 1.00. The molecule has 0 aromatic rings. The molecule has 0 bridgehead atoms. The van der Waals surface area contributed by atoms with Crippen LogP contribution in [0.2, 0.25) is 0 Å². The summed E-state index contributed by atoms with van der Waals surface area (Å²) in [6, 6.07) is 0.409. The number of hydrogen-bond donors (Lipinski definition) is 0. The molecule has 0 aliphatic carbocycles. The van der Waals surface area contributed by atoms with E-state index in [0.717, 1.165) is 45.6 Å². The van der Waals surface area contributed by atoms with Crippen molar-refractivity contribution in [1.82, 2.24) is 13.5 Å². The maximum absolute atomic E-state index is 12.3.